The third-order valence-electron chi connectivity index (χ3n) is 3.05. The molecule has 0 atom stereocenters. The van der Waals surface area contributed by atoms with Crippen molar-refractivity contribution >= 4 is 28.7 Å². The van der Waals surface area contributed by atoms with E-state index >= 15 is 0 Å². The van der Waals surface area contributed by atoms with Gasteiger partial charge in [-0.1, -0.05) is 30.3 Å². The summed E-state index contributed by atoms with van der Waals surface area (Å²) in [6.07, 6.45) is 3.66. The molecule has 0 saturated heterocycles. The molecule has 0 saturated carbocycles. The predicted octanol–water partition coefficient (Wildman–Crippen LogP) is 3.17. The predicted molar refractivity (Wildman–Crippen MR) is 91.6 cm³/mol. The van der Waals surface area contributed by atoms with Crippen molar-refractivity contribution in [1.82, 2.24) is 9.88 Å². The van der Waals surface area contributed by atoms with Gasteiger partial charge in [-0.3, -0.25) is 0 Å². The van der Waals surface area contributed by atoms with Gasteiger partial charge in [0.25, 0.3) is 0 Å². The molecule has 0 amide bonds. The van der Waals surface area contributed by atoms with Crippen molar-refractivity contribution in [3.8, 4) is 0 Å². The molecule has 22 heavy (non-hydrogen) atoms. The van der Waals surface area contributed by atoms with Crippen molar-refractivity contribution in [2.24, 2.45) is 4.99 Å². The van der Waals surface area contributed by atoms with Crippen LogP contribution in [-0.2, 0) is 13.1 Å². The zero-order chi connectivity index (χ0) is 15.2. The molecular formula is C16H15N3OS2. The molecular weight excluding hydrogens is 314 g/mol. The Morgan fingerprint density at radius 1 is 1.23 bits per heavy atom. The summed E-state index contributed by atoms with van der Waals surface area (Å²) in [5, 5.41) is 5.55. The molecule has 0 aliphatic heterocycles. The maximum absolute atomic E-state index is 5.27. The fraction of sp³-hybridized carbons (Fsp3) is 0.125. The number of benzene rings is 1. The second kappa shape index (κ2) is 7.20. The fourth-order valence-corrected chi connectivity index (χ4v) is 2.94. The minimum Gasteiger partial charge on any atom is -0.467 e. The summed E-state index contributed by atoms with van der Waals surface area (Å²) in [7, 11) is 0. The number of hydrogen-bond donors (Lipinski definition) is 1. The highest BCUT2D eigenvalue weighted by Crippen LogP contribution is 2.02. The number of furan rings is 1. The molecule has 0 spiro atoms. The fourth-order valence-electron chi connectivity index (χ4n) is 1.99. The van der Waals surface area contributed by atoms with Crippen molar-refractivity contribution < 1.29 is 4.42 Å². The molecule has 3 rings (SSSR count). The maximum Gasteiger partial charge on any atom is 0.195 e. The van der Waals surface area contributed by atoms with Crippen LogP contribution >= 0.6 is 23.6 Å². The van der Waals surface area contributed by atoms with Crippen molar-refractivity contribution in [2.45, 2.75) is 13.1 Å². The van der Waals surface area contributed by atoms with Gasteiger partial charge >= 0.3 is 0 Å². The smallest absolute Gasteiger partial charge is 0.195 e. The molecule has 1 N–H and O–H groups in total. The highest BCUT2D eigenvalue weighted by Gasteiger charge is 2.00. The van der Waals surface area contributed by atoms with Crippen LogP contribution in [0.3, 0.4) is 0 Å². The Morgan fingerprint density at radius 3 is 2.86 bits per heavy atom. The molecule has 0 bridgehead atoms. The highest BCUT2D eigenvalue weighted by atomic mass is 32.1. The van der Waals surface area contributed by atoms with Gasteiger partial charge in [0.05, 0.1) is 12.8 Å². The molecule has 0 unspecified atom stereocenters. The quantitative estimate of drug-likeness (QED) is 0.748. The Hall–Kier alpha value is -2.18. The SMILES string of the molecule is S=C(/N=c1\sccn1Cc1ccccc1)NCc1ccco1. The van der Waals surface area contributed by atoms with Crippen molar-refractivity contribution in [1.29, 1.82) is 0 Å². The average molecular weight is 329 g/mol. The van der Waals surface area contributed by atoms with Crippen molar-refractivity contribution in [2.75, 3.05) is 0 Å². The number of hydrogen-bond acceptors (Lipinski definition) is 3. The van der Waals surface area contributed by atoms with E-state index in [1.165, 1.54) is 5.56 Å². The summed E-state index contributed by atoms with van der Waals surface area (Å²) in [6.45, 7) is 1.32. The molecule has 3 aromatic rings. The summed E-state index contributed by atoms with van der Waals surface area (Å²) in [5.74, 6) is 0.834. The number of thiazole rings is 1. The van der Waals surface area contributed by atoms with E-state index in [9.17, 15) is 0 Å². The molecule has 112 valence electrons. The molecule has 1 aromatic carbocycles. The standard InChI is InChI=1S/C16H15N3OS2/c21-15(17-11-14-7-4-9-20-14)18-16-19(8-10-22-16)12-13-5-2-1-3-6-13/h1-10H,11-12H2,(H,17,21)/b18-16-. The lowest BCUT2D eigenvalue weighted by atomic mass is 10.2. The van der Waals surface area contributed by atoms with Crippen LogP contribution in [0.5, 0.6) is 0 Å². The van der Waals surface area contributed by atoms with Gasteiger partial charge in [-0.25, -0.2) is 0 Å². The van der Waals surface area contributed by atoms with Gasteiger partial charge in [0.2, 0.25) is 0 Å². The van der Waals surface area contributed by atoms with Crippen molar-refractivity contribution in [3.63, 3.8) is 0 Å². The highest BCUT2D eigenvalue weighted by molar-refractivity contribution is 7.80. The van der Waals surface area contributed by atoms with E-state index in [-0.39, 0.29) is 0 Å². The van der Waals surface area contributed by atoms with Gasteiger partial charge in [-0.05, 0) is 29.9 Å². The molecule has 0 fully saturated rings. The molecule has 0 aliphatic carbocycles. The van der Waals surface area contributed by atoms with Crippen LogP contribution in [0.15, 0.2) is 69.7 Å². The van der Waals surface area contributed by atoms with E-state index in [4.69, 9.17) is 16.6 Å². The van der Waals surface area contributed by atoms with Crippen LogP contribution in [0.4, 0.5) is 0 Å². The van der Waals surface area contributed by atoms with Gasteiger partial charge in [-0.15, -0.1) is 11.3 Å². The number of nitrogens with one attached hydrogen (secondary N) is 1. The van der Waals surface area contributed by atoms with E-state index < -0.39 is 0 Å². The first kappa shape index (κ1) is 14.7. The number of nitrogens with zero attached hydrogens (tertiary/aromatic N) is 2. The van der Waals surface area contributed by atoms with E-state index in [2.05, 4.69) is 27.0 Å². The van der Waals surface area contributed by atoms with Gasteiger partial charge < -0.3 is 14.3 Å². The monoisotopic (exact) mass is 329 g/mol. The summed E-state index contributed by atoms with van der Waals surface area (Å²) in [4.78, 5) is 5.35. The third-order valence-corrected chi connectivity index (χ3v) is 4.08. The number of rotatable bonds is 4. The van der Waals surface area contributed by atoms with Crippen LogP contribution in [0, 0.1) is 0 Å². The van der Waals surface area contributed by atoms with Crippen LogP contribution in [0.1, 0.15) is 11.3 Å². The summed E-state index contributed by atoms with van der Waals surface area (Å²) >= 11 is 6.84. The lowest BCUT2D eigenvalue weighted by Crippen LogP contribution is -2.23. The minimum absolute atomic E-state index is 0.459. The first-order valence-electron chi connectivity index (χ1n) is 6.84. The van der Waals surface area contributed by atoms with E-state index in [1.54, 1.807) is 17.6 Å². The minimum atomic E-state index is 0.459. The maximum atomic E-state index is 5.27. The second-order valence-electron chi connectivity index (χ2n) is 4.65. The van der Waals surface area contributed by atoms with E-state index in [0.717, 1.165) is 17.1 Å². The Morgan fingerprint density at radius 2 is 2.09 bits per heavy atom. The Kier molecular flexibility index (Phi) is 4.82. The second-order valence-corrected chi connectivity index (χ2v) is 5.91. The summed E-state index contributed by atoms with van der Waals surface area (Å²) < 4.78 is 7.34. The van der Waals surface area contributed by atoms with E-state index in [0.29, 0.717) is 11.7 Å². The summed E-state index contributed by atoms with van der Waals surface area (Å²) in [5.41, 5.74) is 1.23. The van der Waals surface area contributed by atoms with Crippen LogP contribution in [0.2, 0.25) is 0 Å². The molecule has 2 heterocycles. The molecule has 6 heteroatoms. The van der Waals surface area contributed by atoms with Crippen LogP contribution in [-0.4, -0.2) is 9.68 Å². The molecule has 4 nitrogen and oxygen atoms in total. The zero-order valence-corrected chi connectivity index (χ0v) is 13.4. The van der Waals surface area contributed by atoms with Gasteiger partial charge in [0.1, 0.15) is 5.76 Å². The van der Waals surface area contributed by atoms with Crippen LogP contribution in [0.25, 0.3) is 0 Å². The van der Waals surface area contributed by atoms with Crippen LogP contribution < -0.4 is 10.1 Å². The lowest BCUT2D eigenvalue weighted by Gasteiger charge is -2.04. The first-order valence-corrected chi connectivity index (χ1v) is 8.13. The Bertz CT molecular complexity index is 788. The lowest BCUT2D eigenvalue weighted by molar-refractivity contribution is 0.503. The van der Waals surface area contributed by atoms with Gasteiger partial charge in [-0.2, -0.15) is 4.99 Å². The third kappa shape index (κ3) is 3.93. The number of thiocarbonyl (C=S) groups is 1. The van der Waals surface area contributed by atoms with Crippen molar-refractivity contribution in [3.05, 3.63) is 76.4 Å². The first-order chi connectivity index (χ1) is 10.8. The van der Waals surface area contributed by atoms with Gasteiger partial charge in [0, 0.05) is 18.1 Å². The largest absolute Gasteiger partial charge is 0.467 e. The number of aromatic nitrogens is 1. The summed E-state index contributed by atoms with van der Waals surface area (Å²) in [6, 6.07) is 14.0. The Labute approximate surface area is 137 Å². The normalized spacial score (nSPS) is 11.5. The van der Waals surface area contributed by atoms with E-state index in [1.807, 2.05) is 41.9 Å². The molecule has 0 radical (unpaired) electrons. The average Bonchev–Trinajstić information content (AvgIpc) is 3.19. The molecule has 0 aliphatic rings. The van der Waals surface area contributed by atoms with Gasteiger partial charge in [0.15, 0.2) is 9.91 Å². The topological polar surface area (TPSA) is 42.5 Å². The Balaban J connectivity index is 1.69. The molecule has 2 aromatic heterocycles. The zero-order valence-electron chi connectivity index (χ0n) is 11.8.